The maximum Gasteiger partial charge on any atom is 0.332 e. The van der Waals surface area contributed by atoms with Crippen LogP contribution < -0.4 is 0 Å². The number of hydrogen-bond donors (Lipinski definition) is 0. The van der Waals surface area contributed by atoms with Crippen LogP contribution in [0.4, 0.5) is 0 Å². The average Bonchev–Trinajstić information content (AvgIpc) is 2.07. The Morgan fingerprint density at radius 1 is 1.36 bits per heavy atom. The predicted octanol–water partition coefficient (Wildman–Crippen LogP) is 2.58. The summed E-state index contributed by atoms with van der Waals surface area (Å²) >= 11 is 0. The third-order valence-corrected chi connectivity index (χ3v) is 2.27. The molecule has 0 saturated carbocycles. The Hall–Kier alpha value is -0.510. The van der Waals surface area contributed by atoms with Crippen LogP contribution >= 0.6 is 16.4 Å². The molecule has 0 atom stereocenters. The summed E-state index contributed by atoms with van der Waals surface area (Å²) in [6.45, 7) is 0. The van der Waals surface area contributed by atoms with Crippen LogP contribution in [0.2, 0.25) is 0 Å². The van der Waals surface area contributed by atoms with Crippen LogP contribution in [0.3, 0.4) is 0 Å². The fourth-order valence-electron chi connectivity index (χ4n) is 0.797. The molecule has 1 aromatic carbocycles. The quantitative estimate of drug-likeness (QED) is 0.390. The highest BCUT2D eigenvalue weighted by molar-refractivity contribution is 7.75. The monoisotopic (exact) mass is 183 g/mol. The molecule has 0 heterocycles. The van der Waals surface area contributed by atoms with Crippen LogP contribution in [0.15, 0.2) is 30.3 Å². The van der Waals surface area contributed by atoms with E-state index in [1.54, 1.807) is 0 Å². The van der Waals surface area contributed by atoms with Crippen molar-refractivity contribution in [2.45, 2.75) is 0 Å². The number of hydrogen-bond acceptors (Lipinski definition) is 0. The van der Waals surface area contributed by atoms with Crippen molar-refractivity contribution < 1.29 is 4.79 Å². The highest BCUT2D eigenvalue weighted by atomic mass is 31.7. The Morgan fingerprint density at radius 3 is 2.55 bits per heavy atom. The summed E-state index contributed by atoms with van der Waals surface area (Å²) in [6, 6.07) is 9.55. The van der Waals surface area contributed by atoms with Gasteiger partial charge in [0.05, 0.1) is 5.56 Å². The van der Waals surface area contributed by atoms with E-state index >= 15 is 0 Å². The highest BCUT2D eigenvalue weighted by Crippen LogP contribution is 2.06. The van der Waals surface area contributed by atoms with Crippen LogP contribution in [-0.4, -0.2) is 16.7 Å². The molecule has 0 aliphatic heterocycles. The molecule has 1 rings (SSSR count). The molecule has 0 amide bonds. The van der Waals surface area contributed by atoms with E-state index in [-0.39, 0.29) is 0 Å². The van der Waals surface area contributed by atoms with Gasteiger partial charge in [0, 0.05) is 0 Å². The van der Waals surface area contributed by atoms with Gasteiger partial charge in [0.2, 0.25) is 0 Å². The lowest BCUT2D eigenvalue weighted by molar-refractivity contribution is 0.676. The van der Waals surface area contributed by atoms with Gasteiger partial charge in [-0.05, 0) is 12.1 Å². The van der Waals surface area contributed by atoms with Gasteiger partial charge in [0.25, 0.3) is 0 Å². The number of benzene rings is 1. The third kappa shape index (κ3) is 2.54. The van der Waals surface area contributed by atoms with Crippen molar-refractivity contribution in [3.8, 4) is 0 Å². The lowest BCUT2D eigenvalue weighted by atomic mass is 10.2. The summed E-state index contributed by atoms with van der Waals surface area (Å²) in [5.41, 5.74) is 0.901. The molecule has 3 heteroatoms. The third-order valence-electron chi connectivity index (χ3n) is 1.34. The Balaban J connectivity index is 2.77. The molecule has 11 heavy (non-hydrogen) atoms. The van der Waals surface area contributed by atoms with Crippen LogP contribution in [0.25, 0.3) is 0 Å². The summed E-state index contributed by atoms with van der Waals surface area (Å²) < 4.78 is 0. The summed E-state index contributed by atoms with van der Waals surface area (Å²) in [7, 11) is 4.29. The Kier molecular flexibility index (Phi) is 3.42. The molecule has 0 aliphatic rings. The Morgan fingerprint density at radius 2 is 2.00 bits per heavy atom. The molecule has 0 fully saturated rings. The molecule has 56 valence electrons. The van der Waals surface area contributed by atoms with E-state index in [0.717, 1.165) is 13.4 Å². The first-order valence-electron chi connectivity index (χ1n) is 3.28. The molecule has 1 N–H and O–H groups in total. The van der Waals surface area contributed by atoms with Gasteiger partial charge in [-0.2, -0.15) is 0 Å². The maximum absolute atomic E-state index is 9.40. The van der Waals surface area contributed by atoms with Gasteiger partial charge >= 0.3 is 5.78 Å². The standard InChI is InChI=1S/C8H8OP2/c9-8(6-11-10)7-4-2-1-3-5-7/h1-5,10H,6H2/p+1. The van der Waals surface area contributed by atoms with E-state index < -0.39 is 0 Å². The second kappa shape index (κ2) is 4.38. The van der Waals surface area contributed by atoms with Gasteiger partial charge in [-0.3, -0.25) is 4.79 Å². The Bertz CT molecular complexity index is 256. The fourth-order valence-corrected chi connectivity index (χ4v) is 1.58. The van der Waals surface area contributed by atoms with E-state index in [4.69, 9.17) is 0 Å². The smallest absolute Gasteiger partial charge is 0.277 e. The molecule has 0 bridgehead atoms. The molecule has 0 spiro atoms. The average molecular weight is 183 g/mol. The molecular formula is C8H9OP2+. The van der Waals surface area contributed by atoms with Crippen LogP contribution in [0.1, 0.15) is 5.56 Å². The SMILES string of the molecule is [OH+]=C(CP=P)c1ccccc1. The highest BCUT2D eigenvalue weighted by Gasteiger charge is 2.08. The van der Waals surface area contributed by atoms with Crippen molar-refractivity contribution in [3.05, 3.63) is 35.9 Å². The van der Waals surface area contributed by atoms with Gasteiger partial charge in [0.1, 0.15) is 6.16 Å². The second-order valence-electron chi connectivity index (χ2n) is 2.13. The van der Waals surface area contributed by atoms with Crippen LogP contribution in [0.5, 0.6) is 0 Å². The topological polar surface area (TPSA) is 21.4 Å². The molecule has 0 aliphatic carbocycles. The minimum absolute atomic E-state index is 0.433. The lowest BCUT2D eigenvalue weighted by Crippen LogP contribution is -2.00. The second-order valence-corrected chi connectivity index (χ2v) is 3.71. The van der Waals surface area contributed by atoms with Gasteiger partial charge in [-0.1, -0.05) is 34.6 Å². The minimum Gasteiger partial charge on any atom is -0.277 e. The molecule has 1 nitrogen and oxygen atoms in total. The summed E-state index contributed by atoms with van der Waals surface area (Å²) in [5.74, 6) is 0.433. The van der Waals surface area contributed by atoms with E-state index in [1.165, 1.54) is 0 Å². The molecule has 0 radical (unpaired) electrons. The van der Waals surface area contributed by atoms with E-state index in [0.29, 0.717) is 11.9 Å². The van der Waals surface area contributed by atoms with E-state index in [1.807, 2.05) is 30.3 Å². The molecule has 1 aromatic rings. The summed E-state index contributed by atoms with van der Waals surface area (Å²) in [5, 5.41) is 0. The zero-order chi connectivity index (χ0) is 8.10. The molecule has 0 saturated heterocycles. The van der Waals surface area contributed by atoms with Crippen molar-refractivity contribution in [1.82, 2.24) is 0 Å². The first kappa shape index (κ1) is 8.59. The molecule has 0 unspecified atom stereocenters. The van der Waals surface area contributed by atoms with Gasteiger partial charge < -0.3 is 0 Å². The fraction of sp³-hybridized carbons (Fsp3) is 0.125. The summed E-state index contributed by atoms with van der Waals surface area (Å²) in [6.07, 6.45) is 0.654. The van der Waals surface area contributed by atoms with E-state index in [2.05, 4.69) is 8.53 Å². The maximum atomic E-state index is 9.40. The predicted molar refractivity (Wildman–Crippen MR) is 52.6 cm³/mol. The normalized spacial score (nSPS) is 9.82. The number of ketones is 1. The van der Waals surface area contributed by atoms with Gasteiger partial charge in [0.15, 0.2) is 0 Å². The van der Waals surface area contributed by atoms with Crippen molar-refractivity contribution in [2.75, 3.05) is 6.16 Å². The molecule has 0 aromatic heterocycles. The largest absolute Gasteiger partial charge is 0.332 e. The van der Waals surface area contributed by atoms with E-state index in [9.17, 15) is 4.79 Å². The zero-order valence-corrected chi connectivity index (χ0v) is 7.88. The van der Waals surface area contributed by atoms with Crippen molar-refractivity contribution in [3.63, 3.8) is 0 Å². The number of carbonyl (C=O) groups excluding carboxylic acids is 1. The van der Waals surface area contributed by atoms with Crippen molar-refractivity contribution in [1.29, 1.82) is 0 Å². The zero-order valence-electron chi connectivity index (χ0n) is 5.99. The van der Waals surface area contributed by atoms with Crippen LogP contribution in [0, 0.1) is 0 Å². The van der Waals surface area contributed by atoms with Crippen LogP contribution in [-0.2, 0) is 0 Å². The Labute approximate surface area is 69.7 Å². The minimum atomic E-state index is 0.433. The first-order chi connectivity index (χ1) is 5.34. The number of rotatable bonds is 3. The van der Waals surface area contributed by atoms with Crippen molar-refractivity contribution >= 4 is 22.2 Å². The van der Waals surface area contributed by atoms with Gasteiger partial charge in [-0.15, -0.1) is 0 Å². The summed E-state index contributed by atoms with van der Waals surface area (Å²) in [4.78, 5) is 9.40. The lowest BCUT2D eigenvalue weighted by Gasteiger charge is -1.88. The van der Waals surface area contributed by atoms with Crippen molar-refractivity contribution in [2.24, 2.45) is 0 Å². The first-order valence-corrected chi connectivity index (χ1v) is 5.70. The molecular weight excluding hydrogens is 174 g/mol. The van der Waals surface area contributed by atoms with Gasteiger partial charge in [-0.25, -0.2) is 0 Å².